The summed E-state index contributed by atoms with van der Waals surface area (Å²) in [6.07, 6.45) is 2.00. The number of hydrogen-bond acceptors (Lipinski definition) is 2. The van der Waals surface area contributed by atoms with E-state index in [2.05, 4.69) is 65.6 Å². The van der Waals surface area contributed by atoms with Crippen molar-refractivity contribution in [2.24, 2.45) is 21.0 Å². The van der Waals surface area contributed by atoms with Crippen molar-refractivity contribution < 1.29 is 0 Å². The third kappa shape index (κ3) is 9.88. The lowest BCUT2D eigenvalue weighted by Gasteiger charge is -2.18. The summed E-state index contributed by atoms with van der Waals surface area (Å²) >= 11 is 0. The minimum Gasteiger partial charge on any atom is -0.160 e. The normalized spacial score (nSPS) is 15.5. The van der Waals surface area contributed by atoms with Crippen LogP contribution in [0.25, 0.3) is 0 Å². The molecule has 0 aliphatic heterocycles. The molecule has 0 aromatic carbocycles. The van der Waals surface area contributed by atoms with Gasteiger partial charge in [-0.15, -0.1) is 0 Å². The van der Waals surface area contributed by atoms with Crippen LogP contribution in [-0.2, 0) is 0 Å². The van der Waals surface area contributed by atoms with Gasteiger partial charge in [0.05, 0.1) is 0 Å². The second kappa shape index (κ2) is 5.60. The molecule has 16 heavy (non-hydrogen) atoms. The average Bonchev–Trinajstić information content (AvgIpc) is 1.94. The van der Waals surface area contributed by atoms with Crippen LogP contribution in [0.1, 0.15) is 68.2 Å². The minimum atomic E-state index is 0.293. The van der Waals surface area contributed by atoms with Crippen molar-refractivity contribution in [3.8, 4) is 0 Å². The van der Waals surface area contributed by atoms with Crippen LogP contribution in [0.15, 0.2) is 10.2 Å². The maximum Gasteiger partial charge on any atom is 0.0380 e. The third-order valence-corrected chi connectivity index (χ3v) is 1.96. The first kappa shape index (κ1) is 15.3. The molecule has 0 saturated heterocycles. The van der Waals surface area contributed by atoms with Gasteiger partial charge in [0, 0.05) is 11.4 Å². The number of rotatable bonds is 3. The van der Waals surface area contributed by atoms with E-state index in [0.29, 0.717) is 10.8 Å². The molecule has 0 aromatic rings. The highest BCUT2D eigenvalue weighted by molar-refractivity contribution is 5.86. The Hall–Kier alpha value is -0.660. The Bertz CT molecular complexity index is 242. The lowest BCUT2D eigenvalue weighted by molar-refractivity contribution is 0.430. The second-order valence-corrected chi connectivity index (χ2v) is 7.15. The highest BCUT2D eigenvalue weighted by atomic mass is 15.2. The van der Waals surface area contributed by atoms with E-state index in [4.69, 9.17) is 0 Å². The van der Waals surface area contributed by atoms with Gasteiger partial charge in [-0.05, 0) is 37.5 Å². The van der Waals surface area contributed by atoms with E-state index in [-0.39, 0.29) is 0 Å². The largest absolute Gasteiger partial charge is 0.160 e. The molecule has 0 rings (SSSR count). The van der Waals surface area contributed by atoms with Crippen molar-refractivity contribution in [3.05, 3.63) is 0 Å². The van der Waals surface area contributed by atoms with E-state index < -0.39 is 0 Å². The fraction of sp³-hybridized carbons (Fsp3) is 0.857. The molecule has 2 nitrogen and oxygen atoms in total. The lowest BCUT2D eigenvalue weighted by atomic mass is 9.90. The molecule has 0 spiro atoms. The Kier molecular flexibility index (Phi) is 5.37. The molecule has 0 saturated carbocycles. The summed E-state index contributed by atoms with van der Waals surface area (Å²) in [6.45, 7) is 17.4. The molecule has 0 aliphatic rings. The third-order valence-electron chi connectivity index (χ3n) is 1.96. The van der Waals surface area contributed by atoms with Gasteiger partial charge in [-0.25, -0.2) is 0 Å². The molecule has 0 bridgehead atoms. The van der Waals surface area contributed by atoms with Crippen LogP contribution in [0.4, 0.5) is 0 Å². The summed E-state index contributed by atoms with van der Waals surface area (Å²) in [5, 5.41) is 8.60. The smallest absolute Gasteiger partial charge is 0.0380 e. The van der Waals surface area contributed by atoms with Gasteiger partial charge in [0.15, 0.2) is 0 Å². The Morgan fingerprint density at radius 3 is 1.12 bits per heavy atom. The Labute approximate surface area is 101 Å². The van der Waals surface area contributed by atoms with Crippen molar-refractivity contribution in [3.63, 3.8) is 0 Å². The van der Waals surface area contributed by atoms with E-state index in [9.17, 15) is 0 Å². The first-order chi connectivity index (χ1) is 6.99. The monoisotopic (exact) mass is 224 g/mol. The molecule has 0 amide bonds. The second-order valence-electron chi connectivity index (χ2n) is 7.15. The quantitative estimate of drug-likeness (QED) is 0.490. The predicted octanol–water partition coefficient (Wildman–Crippen LogP) is 4.70. The summed E-state index contributed by atoms with van der Waals surface area (Å²) in [6, 6.07) is 0. The van der Waals surface area contributed by atoms with Gasteiger partial charge >= 0.3 is 0 Å². The van der Waals surface area contributed by atoms with Crippen molar-refractivity contribution in [2.45, 2.75) is 68.2 Å². The van der Waals surface area contributed by atoms with Crippen molar-refractivity contribution in [1.82, 2.24) is 0 Å². The summed E-state index contributed by atoms with van der Waals surface area (Å²) in [5.74, 6) is 0. The number of hydrogen-bond donors (Lipinski definition) is 0. The molecule has 2 heteroatoms. The first-order valence-electron chi connectivity index (χ1n) is 6.06. The van der Waals surface area contributed by atoms with Crippen LogP contribution in [0.5, 0.6) is 0 Å². The maximum absolute atomic E-state index is 4.30. The van der Waals surface area contributed by atoms with Gasteiger partial charge in [0.1, 0.15) is 0 Å². The molecule has 0 fully saturated rings. The topological polar surface area (TPSA) is 24.7 Å². The van der Waals surface area contributed by atoms with Gasteiger partial charge in [0.25, 0.3) is 0 Å². The van der Waals surface area contributed by atoms with Crippen LogP contribution >= 0.6 is 0 Å². The van der Waals surface area contributed by atoms with Crippen molar-refractivity contribution in [1.29, 1.82) is 0 Å². The predicted molar refractivity (Wildman–Crippen MR) is 74.4 cm³/mol. The van der Waals surface area contributed by atoms with Crippen LogP contribution < -0.4 is 0 Å². The molecule has 0 heterocycles. The molecule has 94 valence electrons. The zero-order chi connectivity index (χ0) is 13.0. The van der Waals surface area contributed by atoms with Crippen molar-refractivity contribution in [2.75, 3.05) is 0 Å². The zero-order valence-electron chi connectivity index (χ0n) is 12.3. The van der Waals surface area contributed by atoms with Crippen LogP contribution in [0.2, 0.25) is 0 Å². The molecule has 0 atom stereocenters. The molecule has 0 aliphatic carbocycles. The van der Waals surface area contributed by atoms with E-state index >= 15 is 0 Å². The summed E-state index contributed by atoms with van der Waals surface area (Å²) in [5.41, 5.74) is 2.81. The molecule has 0 radical (unpaired) electrons. The average molecular weight is 224 g/mol. The van der Waals surface area contributed by atoms with E-state index in [1.807, 2.05) is 0 Å². The Morgan fingerprint density at radius 1 is 0.688 bits per heavy atom. The van der Waals surface area contributed by atoms with Crippen molar-refractivity contribution >= 4 is 11.4 Å². The highest BCUT2D eigenvalue weighted by Crippen LogP contribution is 2.20. The van der Waals surface area contributed by atoms with Gasteiger partial charge < -0.3 is 0 Å². The van der Waals surface area contributed by atoms with Gasteiger partial charge in [-0.1, -0.05) is 41.5 Å². The SMILES string of the molecule is C/C(CC(C)(C)C)=N/N=C(\C)CC(C)(C)C. The Balaban J connectivity index is 4.39. The van der Waals surface area contributed by atoms with E-state index in [1.54, 1.807) is 0 Å². The van der Waals surface area contributed by atoms with E-state index in [1.165, 1.54) is 0 Å². The van der Waals surface area contributed by atoms with E-state index in [0.717, 1.165) is 24.3 Å². The van der Waals surface area contributed by atoms with Gasteiger partial charge in [-0.3, -0.25) is 0 Å². The highest BCUT2D eigenvalue weighted by Gasteiger charge is 2.13. The zero-order valence-corrected chi connectivity index (χ0v) is 12.3. The number of nitrogens with zero attached hydrogens (tertiary/aromatic N) is 2. The molecular formula is C14H28N2. The van der Waals surface area contributed by atoms with Gasteiger partial charge in [0.2, 0.25) is 0 Å². The van der Waals surface area contributed by atoms with Gasteiger partial charge in [-0.2, -0.15) is 10.2 Å². The summed E-state index contributed by atoms with van der Waals surface area (Å²) < 4.78 is 0. The first-order valence-corrected chi connectivity index (χ1v) is 6.06. The van der Waals surface area contributed by atoms with Crippen LogP contribution in [0, 0.1) is 10.8 Å². The van der Waals surface area contributed by atoms with Crippen LogP contribution in [0.3, 0.4) is 0 Å². The molecule has 0 aromatic heterocycles. The fourth-order valence-electron chi connectivity index (χ4n) is 1.78. The fourth-order valence-corrected chi connectivity index (χ4v) is 1.78. The minimum absolute atomic E-state index is 0.293. The summed E-state index contributed by atoms with van der Waals surface area (Å²) in [7, 11) is 0. The Morgan fingerprint density at radius 2 is 0.938 bits per heavy atom. The molecular weight excluding hydrogens is 196 g/mol. The summed E-state index contributed by atoms with van der Waals surface area (Å²) in [4.78, 5) is 0. The standard InChI is InChI=1S/C14H28N2/c1-11(9-13(3,4)5)15-16-12(2)10-14(6,7)8/h9-10H2,1-8H3/b15-11-,16-12+. The maximum atomic E-state index is 4.30. The molecule has 0 N–H and O–H groups in total. The molecule has 0 unspecified atom stereocenters. The van der Waals surface area contributed by atoms with Crippen LogP contribution in [-0.4, -0.2) is 11.4 Å². The lowest BCUT2D eigenvalue weighted by Crippen LogP contribution is -2.11.